The molecule has 1 rings (SSSR count). The minimum Gasteiger partial charge on any atom is -0.460 e. The third-order valence-corrected chi connectivity index (χ3v) is 1.29. The molecule has 0 fully saturated rings. The van der Waals surface area contributed by atoms with E-state index in [0.717, 1.165) is 0 Å². The molecule has 0 aliphatic heterocycles. The number of rotatable bonds is 3. The van der Waals surface area contributed by atoms with Crippen LogP contribution in [0.15, 0.2) is 16.5 Å². The van der Waals surface area contributed by atoms with E-state index in [1.807, 2.05) is 0 Å². The molecule has 1 N–H and O–H groups in total. The lowest BCUT2D eigenvalue weighted by Crippen LogP contribution is -1.97. The van der Waals surface area contributed by atoms with Gasteiger partial charge in [0.05, 0.1) is 0 Å². The van der Waals surface area contributed by atoms with Crippen molar-refractivity contribution in [1.29, 1.82) is 0 Å². The highest BCUT2D eigenvalue weighted by atomic mass is 16.5. The van der Waals surface area contributed by atoms with Crippen LogP contribution in [0.2, 0.25) is 0 Å². The van der Waals surface area contributed by atoms with Gasteiger partial charge in [0.15, 0.2) is 0 Å². The normalized spacial score (nSPS) is 9.83. The highest BCUT2D eigenvalue weighted by molar-refractivity contribution is 5.65. The summed E-state index contributed by atoms with van der Waals surface area (Å²) in [5.41, 5.74) is 0. The van der Waals surface area contributed by atoms with E-state index in [0.29, 0.717) is 11.5 Å². The maximum Gasteiger partial charge on any atom is 0.303 e. The lowest BCUT2D eigenvalue weighted by Gasteiger charge is -1.96. The topological polar surface area (TPSA) is 59.7 Å². The first-order valence-corrected chi connectivity index (χ1v) is 3.54. The van der Waals surface area contributed by atoms with E-state index in [1.54, 1.807) is 12.1 Å². The summed E-state index contributed by atoms with van der Waals surface area (Å²) in [4.78, 5) is 10.4. The van der Waals surface area contributed by atoms with Gasteiger partial charge >= 0.3 is 5.97 Å². The van der Waals surface area contributed by atoms with Crippen molar-refractivity contribution >= 4 is 5.97 Å². The average molecular weight is 170 g/mol. The molecule has 0 spiro atoms. The molecule has 0 radical (unpaired) electrons. The van der Waals surface area contributed by atoms with Crippen LogP contribution in [0.5, 0.6) is 0 Å². The van der Waals surface area contributed by atoms with Crippen molar-refractivity contribution in [1.82, 2.24) is 0 Å². The van der Waals surface area contributed by atoms with Gasteiger partial charge in [-0.2, -0.15) is 0 Å². The van der Waals surface area contributed by atoms with Gasteiger partial charge in [-0.1, -0.05) is 0 Å². The average Bonchev–Trinajstić information content (AvgIpc) is 2.48. The molecule has 12 heavy (non-hydrogen) atoms. The molecule has 0 unspecified atom stereocenters. The first-order chi connectivity index (χ1) is 5.72. The second-order valence-corrected chi connectivity index (χ2v) is 2.31. The summed E-state index contributed by atoms with van der Waals surface area (Å²) in [6.07, 6.45) is 0. The zero-order valence-corrected chi connectivity index (χ0v) is 6.74. The molecule has 4 nitrogen and oxygen atoms in total. The van der Waals surface area contributed by atoms with Crippen LogP contribution < -0.4 is 0 Å². The third-order valence-electron chi connectivity index (χ3n) is 1.29. The largest absolute Gasteiger partial charge is 0.460 e. The first-order valence-electron chi connectivity index (χ1n) is 3.54. The fraction of sp³-hybridized carbons (Fsp3) is 0.375. The number of aliphatic hydroxyl groups is 1. The molecule has 4 heteroatoms. The summed E-state index contributed by atoms with van der Waals surface area (Å²) in [7, 11) is 0. The van der Waals surface area contributed by atoms with Crippen LogP contribution in [0.3, 0.4) is 0 Å². The molecule has 0 saturated heterocycles. The lowest BCUT2D eigenvalue weighted by atomic mass is 10.4. The van der Waals surface area contributed by atoms with Gasteiger partial charge in [-0.15, -0.1) is 0 Å². The van der Waals surface area contributed by atoms with E-state index < -0.39 is 0 Å². The standard InChI is InChI=1S/C8H10O4/c1-6(10)11-5-8-3-2-7(4-9)12-8/h2-3,9H,4-5H2,1H3. The predicted molar refractivity (Wildman–Crippen MR) is 40.1 cm³/mol. The van der Waals surface area contributed by atoms with E-state index >= 15 is 0 Å². The molecule has 0 amide bonds. The molecule has 1 aromatic rings. The summed E-state index contributed by atoms with van der Waals surface area (Å²) in [6.45, 7) is 1.31. The van der Waals surface area contributed by atoms with Crippen LogP contribution in [0.25, 0.3) is 0 Å². The van der Waals surface area contributed by atoms with Gasteiger partial charge in [-0.05, 0) is 12.1 Å². The molecular weight excluding hydrogens is 160 g/mol. The summed E-state index contributed by atoms with van der Waals surface area (Å²) >= 11 is 0. The predicted octanol–water partition coefficient (Wildman–Crippen LogP) is 0.835. The van der Waals surface area contributed by atoms with Crippen LogP contribution in [-0.2, 0) is 22.7 Å². The van der Waals surface area contributed by atoms with Gasteiger partial charge in [0.1, 0.15) is 24.7 Å². The Morgan fingerprint density at radius 2 is 2.25 bits per heavy atom. The van der Waals surface area contributed by atoms with E-state index in [2.05, 4.69) is 4.74 Å². The Kier molecular flexibility index (Phi) is 2.88. The van der Waals surface area contributed by atoms with Crippen molar-refractivity contribution in [2.75, 3.05) is 0 Å². The zero-order valence-electron chi connectivity index (χ0n) is 6.74. The van der Waals surface area contributed by atoms with Crippen LogP contribution in [0.1, 0.15) is 18.4 Å². The molecule has 0 bridgehead atoms. The Morgan fingerprint density at radius 1 is 1.58 bits per heavy atom. The minimum absolute atomic E-state index is 0.120. The van der Waals surface area contributed by atoms with Gasteiger partial charge in [0.2, 0.25) is 0 Å². The zero-order chi connectivity index (χ0) is 8.97. The first kappa shape index (κ1) is 8.80. The lowest BCUT2D eigenvalue weighted by molar-refractivity contribution is -0.142. The van der Waals surface area contributed by atoms with Crippen LogP contribution in [-0.4, -0.2) is 11.1 Å². The third kappa shape index (κ3) is 2.39. The molecule has 1 heterocycles. The minimum atomic E-state index is -0.350. The second-order valence-electron chi connectivity index (χ2n) is 2.31. The van der Waals surface area contributed by atoms with Gasteiger partial charge < -0.3 is 14.3 Å². The van der Waals surface area contributed by atoms with Crippen LogP contribution in [0, 0.1) is 0 Å². The van der Waals surface area contributed by atoms with Crippen molar-refractivity contribution < 1.29 is 19.1 Å². The SMILES string of the molecule is CC(=O)OCc1ccc(CO)o1. The van der Waals surface area contributed by atoms with Crippen molar-refractivity contribution in [2.45, 2.75) is 20.1 Å². The number of carbonyl (C=O) groups is 1. The van der Waals surface area contributed by atoms with E-state index in [-0.39, 0.29) is 19.2 Å². The maximum atomic E-state index is 10.4. The Balaban J connectivity index is 2.47. The molecule has 0 aliphatic carbocycles. The van der Waals surface area contributed by atoms with Crippen LogP contribution in [0.4, 0.5) is 0 Å². The fourth-order valence-electron chi connectivity index (χ4n) is 0.758. The number of aliphatic hydroxyl groups excluding tert-OH is 1. The Hall–Kier alpha value is -1.29. The van der Waals surface area contributed by atoms with E-state index in [9.17, 15) is 4.79 Å². The molecule has 1 aromatic heterocycles. The Morgan fingerprint density at radius 3 is 2.75 bits per heavy atom. The number of hydrogen-bond donors (Lipinski definition) is 1. The Labute approximate surface area is 69.8 Å². The van der Waals surface area contributed by atoms with Crippen molar-refractivity contribution in [2.24, 2.45) is 0 Å². The molecular formula is C8H10O4. The van der Waals surface area contributed by atoms with E-state index in [4.69, 9.17) is 9.52 Å². The summed E-state index contributed by atoms with van der Waals surface area (Å²) in [5.74, 6) is 0.656. The van der Waals surface area contributed by atoms with Gasteiger partial charge in [-0.3, -0.25) is 4.79 Å². The van der Waals surface area contributed by atoms with E-state index in [1.165, 1.54) is 6.92 Å². The Bertz CT molecular complexity index is 264. The number of esters is 1. The maximum absolute atomic E-state index is 10.4. The molecule has 0 aromatic carbocycles. The summed E-state index contributed by atoms with van der Waals surface area (Å²) in [6, 6.07) is 3.30. The number of carbonyl (C=O) groups excluding carboxylic acids is 1. The molecule has 0 saturated carbocycles. The smallest absolute Gasteiger partial charge is 0.303 e. The quantitative estimate of drug-likeness (QED) is 0.682. The monoisotopic (exact) mass is 170 g/mol. The highest BCUT2D eigenvalue weighted by Crippen LogP contribution is 2.08. The second kappa shape index (κ2) is 3.92. The van der Waals surface area contributed by atoms with Gasteiger partial charge in [0, 0.05) is 6.92 Å². The number of hydrogen-bond acceptors (Lipinski definition) is 4. The van der Waals surface area contributed by atoms with Crippen molar-refractivity contribution in [3.63, 3.8) is 0 Å². The van der Waals surface area contributed by atoms with Gasteiger partial charge in [0.25, 0.3) is 0 Å². The van der Waals surface area contributed by atoms with Crippen molar-refractivity contribution in [3.05, 3.63) is 23.7 Å². The summed E-state index contributed by atoms with van der Waals surface area (Å²) in [5, 5.41) is 8.63. The number of furan rings is 1. The fourth-order valence-corrected chi connectivity index (χ4v) is 0.758. The number of ether oxygens (including phenoxy) is 1. The molecule has 0 atom stereocenters. The molecule has 66 valence electrons. The summed E-state index contributed by atoms with van der Waals surface area (Å²) < 4.78 is 9.73. The van der Waals surface area contributed by atoms with Gasteiger partial charge in [-0.25, -0.2) is 0 Å². The molecule has 0 aliphatic rings. The van der Waals surface area contributed by atoms with Crippen LogP contribution >= 0.6 is 0 Å². The highest BCUT2D eigenvalue weighted by Gasteiger charge is 2.01. The van der Waals surface area contributed by atoms with Crippen molar-refractivity contribution in [3.8, 4) is 0 Å².